The molecule has 1 aromatic heterocycles. The molecule has 3 rings (SSSR count). The molecule has 0 unspecified atom stereocenters. The van der Waals surface area contributed by atoms with Crippen LogP contribution in [-0.4, -0.2) is 11.7 Å². The van der Waals surface area contributed by atoms with Crippen LogP contribution < -0.4 is 10.5 Å². The molecular weight excluding hydrogens is 354 g/mol. The summed E-state index contributed by atoms with van der Waals surface area (Å²) in [6.45, 7) is 0. The van der Waals surface area contributed by atoms with Gasteiger partial charge >= 0.3 is 5.76 Å². The maximum atomic E-state index is 12.2. The van der Waals surface area contributed by atoms with Gasteiger partial charge in [0.15, 0.2) is 0 Å². The fraction of sp³-hybridized carbons (Fsp3) is 0.0667. The lowest BCUT2D eigenvalue weighted by Crippen LogP contribution is -2.17. The lowest BCUT2D eigenvalue weighted by molar-refractivity contribution is 0.413. The number of fused-ring (bicyclic) bond motifs is 1. The first kappa shape index (κ1) is 14.0. The topological polar surface area (TPSA) is 44.4 Å². The van der Waals surface area contributed by atoms with Crippen LogP contribution in [0.4, 0.5) is 0 Å². The second kappa shape index (κ2) is 5.46. The van der Waals surface area contributed by atoms with Crippen molar-refractivity contribution >= 4 is 39.1 Å². The maximum Gasteiger partial charge on any atom is 0.425 e. The summed E-state index contributed by atoms with van der Waals surface area (Å²) in [5.41, 5.74) is 1.08. The van der Waals surface area contributed by atoms with Crippen LogP contribution in [0.15, 0.2) is 56.1 Å². The van der Waals surface area contributed by atoms with Crippen molar-refractivity contribution in [2.24, 2.45) is 0 Å². The number of aromatic nitrogens is 1. The van der Waals surface area contributed by atoms with Crippen LogP contribution >= 0.6 is 28.1 Å². The Hall–Kier alpha value is -1.92. The predicted molar refractivity (Wildman–Crippen MR) is 86.9 cm³/mol. The standard InChI is InChI=1S/C15H10BrNO3S/c1-19-11-6-7-12-13(8-11)20-15(18)17(14(12)21)10-4-2-9(16)3-5-10/h2-8H,1H3. The highest BCUT2D eigenvalue weighted by Gasteiger charge is 2.09. The zero-order chi connectivity index (χ0) is 15.0. The number of rotatable bonds is 2. The number of hydrogen-bond donors (Lipinski definition) is 0. The summed E-state index contributed by atoms with van der Waals surface area (Å²) in [6, 6.07) is 12.5. The van der Waals surface area contributed by atoms with Gasteiger partial charge in [-0.25, -0.2) is 9.36 Å². The van der Waals surface area contributed by atoms with Crippen molar-refractivity contribution in [1.29, 1.82) is 0 Å². The molecule has 4 nitrogen and oxygen atoms in total. The average molecular weight is 364 g/mol. The van der Waals surface area contributed by atoms with Crippen molar-refractivity contribution in [2.75, 3.05) is 7.11 Å². The Bertz CT molecular complexity index is 928. The Balaban J connectivity index is 2.32. The minimum atomic E-state index is -0.525. The molecule has 6 heteroatoms. The molecule has 0 N–H and O–H groups in total. The minimum absolute atomic E-state index is 0.409. The first-order valence-electron chi connectivity index (χ1n) is 6.10. The molecule has 1 heterocycles. The second-order valence-electron chi connectivity index (χ2n) is 4.35. The molecule has 0 aliphatic carbocycles. The molecule has 3 aromatic rings. The second-order valence-corrected chi connectivity index (χ2v) is 5.65. The SMILES string of the molecule is COc1ccc2c(=S)n(-c3ccc(Br)cc3)c(=O)oc2c1. The van der Waals surface area contributed by atoms with Gasteiger partial charge in [0.05, 0.1) is 18.2 Å². The molecular formula is C15H10BrNO3S. The Labute approximate surface area is 133 Å². The number of nitrogens with zero attached hydrogens (tertiary/aromatic N) is 1. The molecule has 0 saturated heterocycles. The van der Waals surface area contributed by atoms with Gasteiger partial charge in [-0.2, -0.15) is 0 Å². The van der Waals surface area contributed by atoms with Gasteiger partial charge in [0, 0.05) is 10.5 Å². The smallest absolute Gasteiger partial charge is 0.425 e. The van der Waals surface area contributed by atoms with E-state index in [9.17, 15) is 4.79 Å². The van der Waals surface area contributed by atoms with E-state index in [1.54, 1.807) is 37.4 Å². The first-order chi connectivity index (χ1) is 10.1. The summed E-state index contributed by atoms with van der Waals surface area (Å²) in [7, 11) is 1.55. The zero-order valence-corrected chi connectivity index (χ0v) is 13.4. The predicted octanol–water partition coefficient (Wildman–Crippen LogP) is 4.08. The molecule has 0 amide bonds. The Morgan fingerprint density at radius 1 is 1.19 bits per heavy atom. The highest BCUT2D eigenvalue weighted by atomic mass is 79.9. The summed E-state index contributed by atoms with van der Waals surface area (Å²) in [5.74, 6) is 0.0875. The van der Waals surface area contributed by atoms with Crippen molar-refractivity contribution in [2.45, 2.75) is 0 Å². The van der Waals surface area contributed by atoms with Gasteiger partial charge in [0.25, 0.3) is 0 Å². The summed E-state index contributed by atoms with van der Waals surface area (Å²) < 4.78 is 13.2. The van der Waals surface area contributed by atoms with Crippen molar-refractivity contribution in [1.82, 2.24) is 4.57 Å². The van der Waals surface area contributed by atoms with E-state index in [1.807, 2.05) is 12.1 Å². The van der Waals surface area contributed by atoms with E-state index in [4.69, 9.17) is 21.4 Å². The quantitative estimate of drug-likeness (QED) is 0.643. The number of hydrogen-bond acceptors (Lipinski definition) is 4. The largest absolute Gasteiger partial charge is 0.497 e. The lowest BCUT2D eigenvalue weighted by Gasteiger charge is -2.08. The van der Waals surface area contributed by atoms with Crippen molar-refractivity contribution < 1.29 is 9.15 Å². The average Bonchev–Trinajstić information content (AvgIpc) is 2.48. The van der Waals surface area contributed by atoms with E-state index in [0.29, 0.717) is 27.0 Å². The molecule has 0 radical (unpaired) electrons. The summed E-state index contributed by atoms with van der Waals surface area (Å²) in [4.78, 5) is 12.2. The third kappa shape index (κ3) is 2.52. The number of ether oxygens (including phenoxy) is 1. The van der Waals surface area contributed by atoms with E-state index < -0.39 is 5.76 Å². The number of methoxy groups -OCH3 is 1. The first-order valence-corrected chi connectivity index (χ1v) is 7.30. The maximum absolute atomic E-state index is 12.2. The Kier molecular flexibility index (Phi) is 3.65. The molecule has 0 atom stereocenters. The molecule has 0 saturated carbocycles. The van der Waals surface area contributed by atoms with Crippen molar-refractivity contribution in [3.8, 4) is 11.4 Å². The van der Waals surface area contributed by atoms with Crippen molar-refractivity contribution in [3.63, 3.8) is 0 Å². The van der Waals surface area contributed by atoms with E-state index >= 15 is 0 Å². The highest BCUT2D eigenvalue weighted by molar-refractivity contribution is 9.10. The van der Waals surface area contributed by atoms with Crippen LogP contribution in [0.2, 0.25) is 0 Å². The molecule has 21 heavy (non-hydrogen) atoms. The fourth-order valence-electron chi connectivity index (χ4n) is 2.05. The lowest BCUT2D eigenvalue weighted by atomic mass is 10.2. The van der Waals surface area contributed by atoms with Gasteiger partial charge in [-0.05, 0) is 36.4 Å². The molecule has 2 aromatic carbocycles. The number of benzene rings is 2. The monoisotopic (exact) mass is 363 g/mol. The highest BCUT2D eigenvalue weighted by Crippen LogP contribution is 2.22. The van der Waals surface area contributed by atoms with Gasteiger partial charge in [-0.3, -0.25) is 0 Å². The van der Waals surface area contributed by atoms with Crippen LogP contribution in [0.5, 0.6) is 5.75 Å². The Morgan fingerprint density at radius 3 is 2.57 bits per heavy atom. The molecule has 0 bridgehead atoms. The summed E-state index contributed by atoms with van der Waals surface area (Å²) in [5, 5.41) is 0.688. The van der Waals surface area contributed by atoms with Gasteiger partial charge < -0.3 is 9.15 Å². The van der Waals surface area contributed by atoms with E-state index in [0.717, 1.165) is 4.47 Å². The van der Waals surface area contributed by atoms with Crippen LogP contribution in [0.3, 0.4) is 0 Å². The van der Waals surface area contributed by atoms with Crippen LogP contribution in [0.1, 0.15) is 0 Å². The fourth-order valence-corrected chi connectivity index (χ4v) is 2.66. The molecule has 0 spiro atoms. The van der Waals surface area contributed by atoms with Crippen LogP contribution in [0, 0.1) is 4.64 Å². The van der Waals surface area contributed by atoms with Crippen molar-refractivity contribution in [3.05, 3.63) is 62.1 Å². The van der Waals surface area contributed by atoms with Gasteiger partial charge in [-0.1, -0.05) is 28.1 Å². The van der Waals surface area contributed by atoms with E-state index in [2.05, 4.69) is 15.9 Å². The molecule has 0 aliphatic heterocycles. The third-order valence-electron chi connectivity index (χ3n) is 3.09. The van der Waals surface area contributed by atoms with Gasteiger partial charge in [0.2, 0.25) is 0 Å². The van der Waals surface area contributed by atoms with E-state index in [-0.39, 0.29) is 0 Å². The van der Waals surface area contributed by atoms with Crippen LogP contribution in [-0.2, 0) is 0 Å². The summed E-state index contributed by atoms with van der Waals surface area (Å²) >= 11 is 8.79. The minimum Gasteiger partial charge on any atom is -0.497 e. The molecule has 0 fully saturated rings. The number of halogens is 1. The van der Waals surface area contributed by atoms with Crippen LogP contribution in [0.25, 0.3) is 16.7 Å². The summed E-state index contributed by atoms with van der Waals surface area (Å²) in [6.07, 6.45) is 0. The van der Waals surface area contributed by atoms with E-state index in [1.165, 1.54) is 4.57 Å². The third-order valence-corrected chi connectivity index (χ3v) is 4.02. The molecule has 0 aliphatic rings. The normalized spacial score (nSPS) is 10.8. The Morgan fingerprint density at radius 2 is 1.90 bits per heavy atom. The van der Waals surface area contributed by atoms with Gasteiger partial charge in [-0.15, -0.1) is 0 Å². The molecule has 106 valence electrons. The zero-order valence-electron chi connectivity index (χ0n) is 11.0. The van der Waals surface area contributed by atoms with Gasteiger partial charge in [0.1, 0.15) is 16.0 Å².